The van der Waals surface area contributed by atoms with Crippen molar-refractivity contribution >= 4 is 27.5 Å². The van der Waals surface area contributed by atoms with E-state index in [1.165, 1.54) is 18.4 Å². The molecule has 2 rings (SSSR count). The lowest BCUT2D eigenvalue weighted by molar-refractivity contribution is 0.240. The van der Waals surface area contributed by atoms with Crippen LogP contribution in [-0.4, -0.2) is 6.04 Å². The normalized spacial score (nSPS) is 25.0. The van der Waals surface area contributed by atoms with E-state index in [0.717, 1.165) is 22.0 Å². The summed E-state index contributed by atoms with van der Waals surface area (Å²) >= 11 is 9.49. The predicted octanol–water partition coefficient (Wildman–Crippen LogP) is 3.99. The average molecular weight is 289 g/mol. The smallest absolute Gasteiger partial charge is 0.0410 e. The summed E-state index contributed by atoms with van der Waals surface area (Å²) in [7, 11) is 0. The molecule has 0 aliphatic heterocycles. The molecule has 0 spiro atoms. The van der Waals surface area contributed by atoms with E-state index in [4.69, 9.17) is 11.6 Å². The van der Waals surface area contributed by atoms with Crippen LogP contribution in [0.2, 0.25) is 5.02 Å². The van der Waals surface area contributed by atoms with Crippen LogP contribution in [0, 0.1) is 5.92 Å². The molecule has 0 unspecified atom stereocenters. The van der Waals surface area contributed by atoms with E-state index in [2.05, 4.69) is 28.2 Å². The van der Waals surface area contributed by atoms with Crippen LogP contribution in [0.3, 0.4) is 0 Å². The highest BCUT2D eigenvalue weighted by molar-refractivity contribution is 9.10. The fourth-order valence-corrected chi connectivity index (χ4v) is 2.58. The Bertz CT molecular complexity index is 347. The predicted molar refractivity (Wildman–Crippen MR) is 68.2 cm³/mol. The molecule has 0 heterocycles. The zero-order chi connectivity index (χ0) is 10.8. The minimum absolute atomic E-state index is 0.700. The number of halogens is 2. The van der Waals surface area contributed by atoms with Crippen molar-refractivity contribution in [3.8, 4) is 0 Å². The van der Waals surface area contributed by atoms with Gasteiger partial charge >= 0.3 is 0 Å². The molecule has 0 aromatic heterocycles. The first-order chi connectivity index (χ1) is 7.15. The van der Waals surface area contributed by atoms with Gasteiger partial charge in [0.1, 0.15) is 0 Å². The Hall–Kier alpha value is -0.0500. The van der Waals surface area contributed by atoms with Gasteiger partial charge in [0.05, 0.1) is 0 Å². The Balaban J connectivity index is 1.90. The van der Waals surface area contributed by atoms with Crippen LogP contribution >= 0.6 is 27.5 Å². The molecular weight excluding hydrogens is 273 g/mol. The molecular formula is C12H15BrClN. The van der Waals surface area contributed by atoms with Crippen LogP contribution < -0.4 is 5.32 Å². The highest BCUT2D eigenvalue weighted by atomic mass is 79.9. The molecule has 0 saturated heterocycles. The lowest BCUT2D eigenvalue weighted by Crippen LogP contribution is -2.39. The lowest BCUT2D eigenvalue weighted by atomic mass is 9.82. The third-order valence-corrected chi connectivity index (χ3v) is 3.97. The van der Waals surface area contributed by atoms with Crippen molar-refractivity contribution in [1.29, 1.82) is 0 Å². The van der Waals surface area contributed by atoms with Gasteiger partial charge in [0, 0.05) is 22.1 Å². The first-order valence-corrected chi connectivity index (χ1v) is 6.49. The molecule has 1 N–H and O–H groups in total. The van der Waals surface area contributed by atoms with Gasteiger partial charge in [0.15, 0.2) is 0 Å². The number of hydrogen-bond acceptors (Lipinski definition) is 1. The molecule has 0 atom stereocenters. The summed E-state index contributed by atoms with van der Waals surface area (Å²) in [6, 6.07) is 6.62. The molecule has 1 saturated carbocycles. The molecule has 3 heteroatoms. The van der Waals surface area contributed by atoms with Gasteiger partial charge in [0.25, 0.3) is 0 Å². The monoisotopic (exact) mass is 287 g/mol. The van der Waals surface area contributed by atoms with Crippen molar-refractivity contribution in [2.75, 3.05) is 0 Å². The Morgan fingerprint density at radius 3 is 2.87 bits per heavy atom. The molecule has 0 radical (unpaired) electrons. The summed E-state index contributed by atoms with van der Waals surface area (Å²) < 4.78 is 1.13. The molecule has 1 aromatic carbocycles. The molecule has 1 aromatic rings. The van der Waals surface area contributed by atoms with Gasteiger partial charge in [-0.1, -0.05) is 34.5 Å². The Morgan fingerprint density at radius 1 is 1.47 bits per heavy atom. The van der Waals surface area contributed by atoms with Gasteiger partial charge in [-0.05, 0) is 42.5 Å². The molecule has 15 heavy (non-hydrogen) atoms. The van der Waals surface area contributed by atoms with Crippen LogP contribution in [0.1, 0.15) is 25.3 Å². The van der Waals surface area contributed by atoms with Gasteiger partial charge in [-0.3, -0.25) is 0 Å². The maximum Gasteiger partial charge on any atom is 0.0410 e. The summed E-state index contributed by atoms with van der Waals surface area (Å²) in [6.07, 6.45) is 2.61. The Labute approximate surface area is 104 Å². The molecule has 0 amide bonds. The molecule has 82 valence electrons. The minimum Gasteiger partial charge on any atom is -0.310 e. The van der Waals surface area contributed by atoms with E-state index in [9.17, 15) is 0 Å². The quantitative estimate of drug-likeness (QED) is 0.887. The number of nitrogens with one attached hydrogen (secondary N) is 1. The maximum absolute atomic E-state index is 5.95. The zero-order valence-corrected chi connectivity index (χ0v) is 11.1. The molecule has 1 aliphatic rings. The Morgan fingerprint density at radius 2 is 2.20 bits per heavy atom. The lowest BCUT2D eigenvalue weighted by Gasteiger charge is -2.33. The van der Waals surface area contributed by atoms with Crippen LogP contribution in [0.5, 0.6) is 0 Å². The van der Waals surface area contributed by atoms with E-state index < -0.39 is 0 Å². The van der Waals surface area contributed by atoms with Crippen molar-refractivity contribution in [3.63, 3.8) is 0 Å². The van der Waals surface area contributed by atoms with Gasteiger partial charge in [-0.2, -0.15) is 0 Å². The topological polar surface area (TPSA) is 12.0 Å². The minimum atomic E-state index is 0.700. The van der Waals surface area contributed by atoms with Crippen molar-refractivity contribution in [1.82, 2.24) is 5.32 Å². The van der Waals surface area contributed by atoms with Crippen molar-refractivity contribution < 1.29 is 0 Å². The largest absolute Gasteiger partial charge is 0.310 e. The molecule has 1 fully saturated rings. The summed E-state index contributed by atoms with van der Waals surface area (Å²) in [4.78, 5) is 0. The van der Waals surface area contributed by atoms with E-state index in [1.807, 2.05) is 18.2 Å². The van der Waals surface area contributed by atoms with Gasteiger partial charge in [0.2, 0.25) is 0 Å². The summed E-state index contributed by atoms with van der Waals surface area (Å²) in [6.45, 7) is 3.20. The van der Waals surface area contributed by atoms with Crippen LogP contribution in [0.25, 0.3) is 0 Å². The van der Waals surface area contributed by atoms with E-state index in [-0.39, 0.29) is 0 Å². The van der Waals surface area contributed by atoms with Crippen molar-refractivity contribution in [3.05, 3.63) is 33.3 Å². The Kier molecular flexibility index (Phi) is 3.70. The van der Waals surface area contributed by atoms with E-state index in [1.54, 1.807) is 0 Å². The average Bonchev–Trinajstić information content (AvgIpc) is 2.16. The number of rotatable bonds is 3. The van der Waals surface area contributed by atoms with Crippen LogP contribution in [-0.2, 0) is 6.54 Å². The first kappa shape index (κ1) is 11.4. The van der Waals surface area contributed by atoms with Crippen molar-refractivity contribution in [2.24, 2.45) is 5.92 Å². The molecule has 0 bridgehead atoms. The van der Waals surface area contributed by atoms with E-state index >= 15 is 0 Å². The second-order valence-electron chi connectivity index (χ2n) is 4.39. The number of benzene rings is 1. The summed E-state index contributed by atoms with van der Waals surface area (Å²) in [5, 5.41) is 4.35. The zero-order valence-electron chi connectivity index (χ0n) is 8.76. The second kappa shape index (κ2) is 4.86. The van der Waals surface area contributed by atoms with Crippen molar-refractivity contribution in [2.45, 2.75) is 32.4 Å². The van der Waals surface area contributed by atoms with Gasteiger partial charge in [-0.25, -0.2) is 0 Å². The number of hydrogen-bond donors (Lipinski definition) is 1. The van der Waals surface area contributed by atoms with Gasteiger partial charge < -0.3 is 5.32 Å². The SMILES string of the molecule is CC1CC(NCc2cc(Cl)ccc2Br)C1. The fourth-order valence-electron chi connectivity index (χ4n) is 2.00. The van der Waals surface area contributed by atoms with Crippen LogP contribution in [0.4, 0.5) is 0 Å². The highest BCUT2D eigenvalue weighted by Crippen LogP contribution is 2.27. The fraction of sp³-hybridized carbons (Fsp3) is 0.500. The summed E-state index contributed by atoms with van der Waals surface area (Å²) in [5.41, 5.74) is 1.24. The third kappa shape index (κ3) is 2.96. The molecule has 1 nitrogen and oxygen atoms in total. The second-order valence-corrected chi connectivity index (χ2v) is 5.68. The first-order valence-electron chi connectivity index (χ1n) is 5.32. The van der Waals surface area contributed by atoms with Crippen LogP contribution in [0.15, 0.2) is 22.7 Å². The summed E-state index contributed by atoms with van der Waals surface area (Å²) in [5.74, 6) is 0.894. The van der Waals surface area contributed by atoms with E-state index in [0.29, 0.717) is 6.04 Å². The standard InChI is InChI=1S/C12H15BrClN/c1-8-4-11(5-8)15-7-9-6-10(14)2-3-12(9)13/h2-3,6,8,11,15H,4-5,7H2,1H3. The third-order valence-electron chi connectivity index (χ3n) is 2.96. The highest BCUT2D eigenvalue weighted by Gasteiger charge is 2.24. The maximum atomic E-state index is 5.95. The van der Waals surface area contributed by atoms with Gasteiger partial charge in [-0.15, -0.1) is 0 Å². The molecule has 1 aliphatic carbocycles.